The zero-order valence-corrected chi connectivity index (χ0v) is 19.3. The van der Waals surface area contributed by atoms with Crippen LogP contribution in [0.4, 0.5) is 0 Å². The van der Waals surface area contributed by atoms with Crippen LogP contribution in [0.1, 0.15) is 72.6 Å². The van der Waals surface area contributed by atoms with E-state index in [1.54, 1.807) is 0 Å². The van der Waals surface area contributed by atoms with E-state index in [2.05, 4.69) is 40.8 Å². The van der Waals surface area contributed by atoms with E-state index in [1.807, 2.05) is 0 Å². The summed E-state index contributed by atoms with van der Waals surface area (Å²) < 4.78 is 5.48. The van der Waals surface area contributed by atoms with Crippen molar-refractivity contribution in [3.8, 4) is 0 Å². The first-order valence-corrected chi connectivity index (χ1v) is 13.7. The maximum atomic E-state index is 11.9. The van der Waals surface area contributed by atoms with E-state index < -0.39 is 12.7 Å². The van der Waals surface area contributed by atoms with Crippen molar-refractivity contribution in [2.45, 2.75) is 101 Å². The second-order valence-corrected chi connectivity index (χ2v) is 15.8. The summed E-state index contributed by atoms with van der Waals surface area (Å²) in [6.07, 6.45) is 8.21. The Kier molecular flexibility index (Phi) is 6.79. The minimum absolute atomic E-state index is 0.0668. The minimum atomic E-state index is -1.68. The molecule has 4 atom stereocenters. The lowest BCUT2D eigenvalue weighted by Gasteiger charge is -2.44. The molecule has 2 rings (SSSR count). The molecule has 0 saturated heterocycles. The highest BCUT2D eigenvalue weighted by Gasteiger charge is 2.64. The van der Waals surface area contributed by atoms with Crippen LogP contribution in [0.3, 0.4) is 0 Å². The van der Waals surface area contributed by atoms with E-state index in [-0.39, 0.29) is 22.7 Å². The molecular formula is C20H36Cl2O2Si. The quantitative estimate of drug-likeness (QED) is 0.253. The Morgan fingerprint density at radius 1 is 1.24 bits per heavy atom. The molecule has 0 bridgehead atoms. The van der Waals surface area contributed by atoms with Gasteiger partial charge in [-0.25, -0.2) is 0 Å². The van der Waals surface area contributed by atoms with Gasteiger partial charge in [0.2, 0.25) is 0 Å². The molecule has 0 aromatic rings. The van der Waals surface area contributed by atoms with Crippen LogP contribution in [-0.2, 0) is 9.22 Å². The van der Waals surface area contributed by atoms with Gasteiger partial charge < -0.3 is 4.43 Å². The van der Waals surface area contributed by atoms with Gasteiger partial charge in [0.1, 0.15) is 0 Å². The lowest BCUT2D eigenvalue weighted by Crippen LogP contribution is -2.55. The molecule has 0 spiro atoms. The van der Waals surface area contributed by atoms with Crippen molar-refractivity contribution in [1.29, 1.82) is 0 Å². The zero-order chi connectivity index (χ0) is 19.0. The topological polar surface area (TPSA) is 26.3 Å². The Morgan fingerprint density at radius 3 is 2.44 bits per heavy atom. The molecule has 0 radical (unpaired) electrons. The fourth-order valence-corrected chi connectivity index (χ4v) is 6.69. The first-order chi connectivity index (χ1) is 11.4. The van der Waals surface area contributed by atoms with Crippen LogP contribution in [-0.4, -0.2) is 24.5 Å². The van der Waals surface area contributed by atoms with E-state index in [1.165, 1.54) is 12.8 Å². The predicted octanol–water partition coefficient (Wildman–Crippen LogP) is 6.75. The van der Waals surface area contributed by atoms with E-state index in [0.717, 1.165) is 32.1 Å². The van der Waals surface area contributed by atoms with E-state index >= 15 is 0 Å². The van der Waals surface area contributed by atoms with Gasteiger partial charge in [-0.3, -0.25) is 4.79 Å². The van der Waals surface area contributed by atoms with Gasteiger partial charge in [-0.2, -0.15) is 0 Å². The minimum Gasteiger partial charge on any atom is -0.414 e. The van der Waals surface area contributed by atoms with E-state index in [4.69, 9.17) is 27.6 Å². The highest BCUT2D eigenvalue weighted by atomic mass is 35.5. The van der Waals surface area contributed by atoms with Crippen LogP contribution in [0, 0.1) is 17.8 Å². The number of ketones is 1. The summed E-state index contributed by atoms with van der Waals surface area (Å²) in [5.41, 5.74) is 0. The second-order valence-electron chi connectivity index (χ2n) is 9.65. The number of hydrogen-bond donors (Lipinski definition) is 0. The number of carbonyl (C=O) groups excluding carboxylic acids is 1. The molecule has 25 heavy (non-hydrogen) atoms. The van der Waals surface area contributed by atoms with Crippen molar-refractivity contribution >= 4 is 37.3 Å². The Bertz CT molecular complexity index is 485. The highest BCUT2D eigenvalue weighted by Crippen LogP contribution is 2.60. The van der Waals surface area contributed by atoms with Crippen LogP contribution in [0.2, 0.25) is 18.1 Å². The fraction of sp³-hybridized carbons (Fsp3) is 0.950. The summed E-state index contributed by atoms with van der Waals surface area (Å²) in [6.45, 7) is 13.8. The molecule has 2 aliphatic rings. The molecular weight excluding hydrogens is 371 g/mol. The number of Topliss-reactive ketones (excluding diaryl/α,β-unsaturated/α-hetero) is 1. The molecule has 0 aliphatic heterocycles. The van der Waals surface area contributed by atoms with E-state index in [9.17, 15) is 4.79 Å². The summed E-state index contributed by atoms with van der Waals surface area (Å²) in [7, 11) is -1.68. The fourth-order valence-electron chi connectivity index (χ4n) is 4.28. The van der Waals surface area contributed by atoms with Crippen molar-refractivity contribution < 1.29 is 9.22 Å². The number of carbonyl (C=O) groups is 1. The molecule has 2 aliphatic carbocycles. The number of hydrogen-bond acceptors (Lipinski definition) is 2. The van der Waals surface area contributed by atoms with Gasteiger partial charge in [0.15, 0.2) is 18.4 Å². The summed E-state index contributed by atoms with van der Waals surface area (Å²) in [5.74, 6) is 0.940. The number of rotatable bonds is 8. The Balaban J connectivity index is 1.74. The largest absolute Gasteiger partial charge is 0.414 e. The molecule has 0 heterocycles. The van der Waals surface area contributed by atoms with Crippen molar-refractivity contribution in [3.63, 3.8) is 0 Å². The van der Waals surface area contributed by atoms with Crippen molar-refractivity contribution in [2.24, 2.45) is 17.8 Å². The third kappa shape index (κ3) is 4.47. The molecule has 0 N–H and O–H groups in total. The lowest BCUT2D eigenvalue weighted by molar-refractivity contribution is -0.135. The van der Waals surface area contributed by atoms with Crippen molar-refractivity contribution in [2.75, 3.05) is 0 Å². The number of halogens is 2. The van der Waals surface area contributed by atoms with Crippen LogP contribution < -0.4 is 0 Å². The summed E-state index contributed by atoms with van der Waals surface area (Å²) in [5, 5.41) is 0.264. The highest BCUT2D eigenvalue weighted by molar-refractivity contribution is 6.74. The SMILES string of the molecule is CCC(CCCCC1CCC2C(=O)C(Cl)(Cl)C12)O[Si](C)(C)C(C)(C)C. The van der Waals surface area contributed by atoms with E-state index in [0.29, 0.717) is 12.0 Å². The smallest absolute Gasteiger partial charge is 0.192 e. The zero-order valence-electron chi connectivity index (χ0n) is 16.8. The molecule has 146 valence electrons. The maximum absolute atomic E-state index is 11.9. The maximum Gasteiger partial charge on any atom is 0.192 e. The molecule has 4 unspecified atom stereocenters. The third-order valence-electron chi connectivity index (χ3n) is 6.95. The van der Waals surface area contributed by atoms with Crippen molar-refractivity contribution in [1.82, 2.24) is 0 Å². The van der Waals surface area contributed by atoms with Crippen LogP contribution in [0.25, 0.3) is 0 Å². The van der Waals surface area contributed by atoms with Gasteiger partial charge in [0.05, 0.1) is 0 Å². The molecule has 2 fully saturated rings. The van der Waals surface area contributed by atoms with Gasteiger partial charge in [-0.15, -0.1) is 0 Å². The summed E-state index contributed by atoms with van der Waals surface area (Å²) in [6, 6.07) is 0. The third-order valence-corrected chi connectivity index (χ3v) is 12.4. The average molecular weight is 407 g/mol. The van der Waals surface area contributed by atoms with Gasteiger partial charge in [0, 0.05) is 17.9 Å². The van der Waals surface area contributed by atoms with Crippen LogP contribution in [0.5, 0.6) is 0 Å². The number of unbranched alkanes of at least 4 members (excludes halogenated alkanes) is 1. The van der Waals surface area contributed by atoms with Gasteiger partial charge in [0.25, 0.3) is 0 Å². The Hall–Kier alpha value is 0.427. The second kappa shape index (κ2) is 7.81. The number of fused-ring (bicyclic) bond motifs is 1. The molecule has 2 nitrogen and oxygen atoms in total. The summed E-state index contributed by atoms with van der Waals surface area (Å²) >= 11 is 12.5. The van der Waals surface area contributed by atoms with Gasteiger partial charge in [-0.05, 0) is 49.7 Å². The van der Waals surface area contributed by atoms with Gasteiger partial charge >= 0.3 is 0 Å². The molecule has 0 aromatic heterocycles. The molecule has 0 aromatic carbocycles. The van der Waals surface area contributed by atoms with Crippen molar-refractivity contribution in [3.05, 3.63) is 0 Å². The first-order valence-electron chi connectivity index (χ1n) is 10.0. The molecule has 2 saturated carbocycles. The normalized spacial score (nSPS) is 30.1. The predicted molar refractivity (Wildman–Crippen MR) is 110 cm³/mol. The number of alkyl halides is 2. The van der Waals surface area contributed by atoms with Crippen LogP contribution in [0.15, 0.2) is 0 Å². The molecule has 5 heteroatoms. The molecule has 0 amide bonds. The van der Waals surface area contributed by atoms with Crippen LogP contribution >= 0.6 is 23.2 Å². The monoisotopic (exact) mass is 406 g/mol. The van der Waals surface area contributed by atoms with Gasteiger partial charge in [-0.1, -0.05) is 70.2 Å². The average Bonchev–Trinajstić information content (AvgIpc) is 2.90. The first kappa shape index (κ1) is 21.7. The Labute approximate surface area is 165 Å². The standard InChI is InChI=1S/C20H36Cl2O2Si/c1-7-15(24-25(5,6)19(2,3)4)11-9-8-10-14-12-13-16-17(14)20(21,22)18(16)23/h14-17H,7-13H2,1-6H3. The Morgan fingerprint density at radius 2 is 1.88 bits per heavy atom. The summed E-state index contributed by atoms with van der Waals surface area (Å²) in [4.78, 5) is 11.9. The lowest BCUT2D eigenvalue weighted by atomic mass is 9.69.